The van der Waals surface area contributed by atoms with Gasteiger partial charge in [0.2, 0.25) is 0 Å². The van der Waals surface area contributed by atoms with E-state index in [4.69, 9.17) is 27.9 Å². The molecule has 1 unspecified atom stereocenters. The monoisotopic (exact) mass is 272 g/mol. The van der Waals surface area contributed by atoms with Crippen molar-refractivity contribution in [3.8, 4) is 0 Å². The molecule has 1 aromatic rings. The third kappa shape index (κ3) is 3.48. The average molecular weight is 273 g/mol. The van der Waals surface area contributed by atoms with E-state index in [1.807, 2.05) is 0 Å². The number of hydrogen-bond acceptors (Lipinski definition) is 3. The van der Waals surface area contributed by atoms with Crippen LogP contribution >= 0.6 is 23.2 Å². The molecule has 0 saturated carbocycles. The first-order valence-electron chi connectivity index (χ1n) is 5.13. The highest BCUT2D eigenvalue weighted by atomic mass is 35.5. The Hall–Kier alpha value is -0.995. The highest BCUT2D eigenvalue weighted by molar-refractivity contribution is 6.42. The Bertz CT molecular complexity index is 448. The highest BCUT2D eigenvalue weighted by Crippen LogP contribution is 2.24. The summed E-state index contributed by atoms with van der Waals surface area (Å²) >= 11 is 11.6. The van der Waals surface area contributed by atoms with Crippen molar-refractivity contribution >= 4 is 42.8 Å². The molecule has 90 valence electrons. The van der Waals surface area contributed by atoms with E-state index >= 15 is 0 Å². The first kappa shape index (κ1) is 14.1. The minimum atomic E-state index is -0.867. The van der Waals surface area contributed by atoms with Gasteiger partial charge in [-0.1, -0.05) is 23.2 Å². The Kier molecular flexibility index (Phi) is 5.03. The van der Waals surface area contributed by atoms with Gasteiger partial charge in [-0.05, 0) is 25.1 Å². The summed E-state index contributed by atoms with van der Waals surface area (Å²) in [7, 11) is 1.49. The third-order valence-electron chi connectivity index (χ3n) is 2.23. The van der Waals surface area contributed by atoms with Crippen LogP contribution in [-0.4, -0.2) is 26.2 Å². The van der Waals surface area contributed by atoms with Crippen LogP contribution in [0.15, 0.2) is 18.2 Å². The molecule has 1 atom stereocenters. The molecule has 3 nitrogen and oxygen atoms in total. The van der Waals surface area contributed by atoms with E-state index in [0.717, 1.165) is 0 Å². The zero-order valence-corrected chi connectivity index (χ0v) is 11.0. The van der Waals surface area contributed by atoms with Crippen molar-refractivity contribution in [1.29, 1.82) is 0 Å². The quantitative estimate of drug-likeness (QED) is 0.365. The van der Waals surface area contributed by atoms with E-state index in [2.05, 4.69) is 0 Å². The van der Waals surface area contributed by atoms with Crippen molar-refractivity contribution in [3.05, 3.63) is 33.8 Å². The van der Waals surface area contributed by atoms with E-state index in [-0.39, 0.29) is 23.0 Å². The second-order valence-corrected chi connectivity index (χ2v) is 4.31. The van der Waals surface area contributed by atoms with E-state index in [1.165, 1.54) is 20.0 Å². The van der Waals surface area contributed by atoms with Gasteiger partial charge in [-0.2, -0.15) is 0 Å². The number of carbonyl (C=O) groups excluding carboxylic acids is 2. The molecule has 0 spiro atoms. The summed E-state index contributed by atoms with van der Waals surface area (Å²) in [6.07, 6.45) is 0. The van der Waals surface area contributed by atoms with Crippen molar-refractivity contribution in [1.82, 2.24) is 0 Å². The summed E-state index contributed by atoms with van der Waals surface area (Å²) in [5.41, 5.74) is 0.275. The summed E-state index contributed by atoms with van der Waals surface area (Å²) in [6.45, 7) is 1.93. The Balaban J connectivity index is 2.92. The highest BCUT2D eigenvalue weighted by Gasteiger charge is 2.25. The number of ketones is 1. The van der Waals surface area contributed by atoms with Gasteiger partial charge >= 0.3 is 5.97 Å². The molecule has 1 aromatic carbocycles. The number of rotatable bonds is 4. The molecule has 0 amide bonds. The van der Waals surface area contributed by atoms with Crippen LogP contribution < -0.4 is 0 Å². The maximum absolute atomic E-state index is 12.0. The van der Waals surface area contributed by atoms with Crippen molar-refractivity contribution < 1.29 is 14.3 Å². The molecule has 0 fully saturated rings. The molecule has 6 heteroatoms. The van der Waals surface area contributed by atoms with Crippen molar-refractivity contribution in [3.63, 3.8) is 0 Å². The van der Waals surface area contributed by atoms with Crippen molar-refractivity contribution in [2.45, 2.75) is 12.7 Å². The van der Waals surface area contributed by atoms with Gasteiger partial charge in [0, 0.05) is 10.6 Å². The molecule has 0 saturated heterocycles. The lowest BCUT2D eigenvalue weighted by Gasteiger charge is -2.10. The maximum atomic E-state index is 12.0. The second kappa shape index (κ2) is 6.08. The van der Waals surface area contributed by atoms with Crippen LogP contribution in [0.3, 0.4) is 0 Å². The van der Waals surface area contributed by atoms with Gasteiger partial charge in [-0.25, -0.2) is 0 Å². The molecule has 0 aliphatic rings. The van der Waals surface area contributed by atoms with Crippen LogP contribution in [0.4, 0.5) is 0 Å². The summed E-state index contributed by atoms with van der Waals surface area (Å²) < 4.78 is 4.78. The number of halogens is 2. The Morgan fingerprint density at radius 1 is 1.41 bits per heavy atom. The van der Waals surface area contributed by atoms with Gasteiger partial charge < -0.3 is 4.74 Å². The number of hydrogen-bond donors (Lipinski definition) is 0. The van der Waals surface area contributed by atoms with Crippen LogP contribution in [0.1, 0.15) is 17.3 Å². The van der Waals surface area contributed by atoms with Crippen LogP contribution in [0, 0.1) is 0 Å². The fourth-order valence-electron chi connectivity index (χ4n) is 1.30. The number of ether oxygens (including phenoxy) is 1. The minimum Gasteiger partial charge on any atom is -0.466 e. The smallest absolute Gasteiger partial charge is 0.308 e. The van der Waals surface area contributed by atoms with E-state index in [9.17, 15) is 9.59 Å². The standard InChI is InChI=1S/C11H11BCl2O3/c1-2-17-11(16)9(12)10(15)7-4-3-6(13)5-8(7)14/h3-5,9H,2,12H2,1H3. The van der Waals surface area contributed by atoms with Gasteiger partial charge in [0.15, 0.2) is 5.78 Å². The van der Waals surface area contributed by atoms with Crippen LogP contribution in [0.5, 0.6) is 0 Å². The summed E-state index contributed by atoms with van der Waals surface area (Å²) in [4.78, 5) is 23.4. The molecular weight excluding hydrogens is 262 g/mol. The Morgan fingerprint density at radius 2 is 2.06 bits per heavy atom. The molecule has 0 heterocycles. The van der Waals surface area contributed by atoms with Gasteiger partial charge in [-0.3, -0.25) is 9.59 Å². The summed E-state index contributed by atoms with van der Waals surface area (Å²) in [6, 6.07) is 4.52. The third-order valence-corrected chi connectivity index (χ3v) is 2.78. The van der Waals surface area contributed by atoms with Gasteiger partial charge in [-0.15, -0.1) is 0 Å². The number of carbonyl (C=O) groups is 2. The molecule has 0 aromatic heterocycles. The number of esters is 1. The normalized spacial score (nSPS) is 11.9. The zero-order chi connectivity index (χ0) is 13.0. The Labute approximate surface area is 110 Å². The number of Topliss-reactive ketones (excluding diaryl/α,β-unsaturated/α-hetero) is 1. The van der Waals surface area contributed by atoms with E-state index in [1.54, 1.807) is 13.0 Å². The van der Waals surface area contributed by atoms with Gasteiger partial charge in [0.25, 0.3) is 0 Å². The SMILES string of the molecule is BC(C(=O)OCC)C(=O)c1ccc(Cl)cc1Cl. The topological polar surface area (TPSA) is 43.4 Å². The zero-order valence-electron chi connectivity index (χ0n) is 9.50. The molecule has 0 radical (unpaired) electrons. The van der Waals surface area contributed by atoms with Crippen LogP contribution in [0.2, 0.25) is 15.9 Å². The molecule has 0 N–H and O–H groups in total. The average Bonchev–Trinajstić information content (AvgIpc) is 2.27. The summed E-state index contributed by atoms with van der Waals surface area (Å²) in [5, 5.41) is 0.675. The first-order chi connectivity index (χ1) is 7.97. The van der Waals surface area contributed by atoms with Gasteiger partial charge in [0.1, 0.15) is 7.85 Å². The van der Waals surface area contributed by atoms with Crippen LogP contribution in [0.25, 0.3) is 0 Å². The summed E-state index contributed by atoms with van der Waals surface area (Å²) in [5.74, 6) is -1.79. The van der Waals surface area contributed by atoms with Crippen LogP contribution in [-0.2, 0) is 9.53 Å². The molecule has 0 aliphatic heterocycles. The number of benzene rings is 1. The largest absolute Gasteiger partial charge is 0.466 e. The fourth-order valence-corrected chi connectivity index (χ4v) is 1.80. The molecule has 1 rings (SSSR count). The minimum absolute atomic E-state index is 0.235. The molecule has 0 bridgehead atoms. The Morgan fingerprint density at radius 3 is 2.59 bits per heavy atom. The second-order valence-electron chi connectivity index (χ2n) is 3.46. The van der Waals surface area contributed by atoms with E-state index < -0.39 is 11.8 Å². The lowest BCUT2D eigenvalue weighted by atomic mass is 9.81. The lowest BCUT2D eigenvalue weighted by Crippen LogP contribution is -2.21. The predicted molar refractivity (Wildman–Crippen MR) is 69.7 cm³/mol. The van der Waals surface area contributed by atoms with Crippen molar-refractivity contribution in [2.75, 3.05) is 6.61 Å². The first-order valence-corrected chi connectivity index (χ1v) is 5.88. The maximum Gasteiger partial charge on any atom is 0.308 e. The van der Waals surface area contributed by atoms with E-state index in [0.29, 0.717) is 5.02 Å². The lowest BCUT2D eigenvalue weighted by molar-refractivity contribution is -0.141. The molecule has 0 aliphatic carbocycles. The fraction of sp³-hybridized carbons (Fsp3) is 0.273. The van der Waals surface area contributed by atoms with Crippen molar-refractivity contribution in [2.24, 2.45) is 0 Å². The molecular formula is C11H11BCl2O3. The predicted octanol–water partition coefficient (Wildman–Crippen LogP) is 2.16. The molecule has 17 heavy (non-hydrogen) atoms. The van der Waals surface area contributed by atoms with Gasteiger partial charge in [0.05, 0.1) is 17.4 Å².